The molecule has 1 amide bonds. The number of carbonyl (C=O) groups is 1. The molecule has 0 aromatic carbocycles. The molecule has 2 aromatic heterocycles. The summed E-state index contributed by atoms with van der Waals surface area (Å²) in [5.74, 6) is 0.352. The van der Waals surface area contributed by atoms with Crippen LogP contribution in [0.1, 0.15) is 41.9 Å². The molecule has 1 aliphatic heterocycles. The van der Waals surface area contributed by atoms with Gasteiger partial charge in [-0.25, -0.2) is 4.79 Å². The Hall–Kier alpha value is -2.75. The van der Waals surface area contributed by atoms with E-state index in [2.05, 4.69) is 25.4 Å². The average Bonchev–Trinajstić information content (AvgIpc) is 3.19. The summed E-state index contributed by atoms with van der Waals surface area (Å²) >= 11 is 0. The molecule has 0 bridgehead atoms. The summed E-state index contributed by atoms with van der Waals surface area (Å²) in [6.45, 7) is 2.31. The Bertz CT molecular complexity index is 846. The first-order valence-electron chi connectivity index (χ1n) is 7.56. The minimum absolute atomic E-state index is 0.0787. The van der Waals surface area contributed by atoms with Gasteiger partial charge < -0.3 is 19.6 Å². The van der Waals surface area contributed by atoms with E-state index in [-0.39, 0.29) is 30.5 Å². The topological polar surface area (TPSA) is 143 Å². The first-order valence-corrected chi connectivity index (χ1v) is 7.56. The number of aryl methyl sites for hydroxylation is 1. The highest BCUT2D eigenvalue weighted by Crippen LogP contribution is 2.26. The van der Waals surface area contributed by atoms with Gasteiger partial charge in [-0.3, -0.25) is 14.6 Å². The van der Waals surface area contributed by atoms with E-state index < -0.39 is 11.2 Å². The van der Waals surface area contributed by atoms with Crippen LogP contribution in [-0.4, -0.2) is 32.6 Å². The molecule has 10 heteroatoms. The van der Waals surface area contributed by atoms with Gasteiger partial charge in [-0.05, 0) is 19.8 Å². The monoisotopic (exact) mass is 335 g/mol. The molecule has 1 atom stereocenters. The lowest BCUT2D eigenvalue weighted by Crippen LogP contribution is -2.32. The molecule has 1 fully saturated rings. The predicted octanol–water partition coefficient (Wildman–Crippen LogP) is -0.535. The fourth-order valence-corrected chi connectivity index (χ4v) is 2.48. The molecule has 0 saturated carbocycles. The molecular weight excluding hydrogens is 318 g/mol. The molecule has 0 radical (unpaired) electrons. The van der Waals surface area contributed by atoms with Gasteiger partial charge in [-0.2, -0.15) is 4.98 Å². The van der Waals surface area contributed by atoms with Crippen LogP contribution in [0, 0.1) is 6.92 Å². The van der Waals surface area contributed by atoms with Crippen LogP contribution >= 0.6 is 0 Å². The normalized spacial score (nSPS) is 17.1. The molecule has 10 nitrogen and oxygen atoms in total. The molecular formula is C14H17N5O5. The number of rotatable bonds is 5. The lowest BCUT2D eigenvalue weighted by atomic mass is 10.1. The van der Waals surface area contributed by atoms with Crippen molar-refractivity contribution in [1.29, 1.82) is 0 Å². The van der Waals surface area contributed by atoms with E-state index in [9.17, 15) is 14.4 Å². The van der Waals surface area contributed by atoms with Crippen molar-refractivity contribution < 1.29 is 14.1 Å². The average molecular weight is 335 g/mol. The molecule has 3 rings (SSSR count). The number of aromatic amines is 2. The first-order chi connectivity index (χ1) is 11.5. The molecule has 0 aliphatic carbocycles. The van der Waals surface area contributed by atoms with Crippen molar-refractivity contribution in [2.45, 2.75) is 38.8 Å². The van der Waals surface area contributed by atoms with Crippen LogP contribution in [0.3, 0.4) is 0 Å². The van der Waals surface area contributed by atoms with E-state index in [4.69, 9.17) is 9.26 Å². The molecule has 3 N–H and O–H groups in total. The van der Waals surface area contributed by atoms with Crippen molar-refractivity contribution in [2.24, 2.45) is 0 Å². The number of nitrogens with zero attached hydrogens (tertiary/aromatic N) is 2. The van der Waals surface area contributed by atoms with Gasteiger partial charge in [0.15, 0.2) is 5.82 Å². The Morgan fingerprint density at radius 2 is 2.21 bits per heavy atom. The molecule has 1 aliphatic rings. The van der Waals surface area contributed by atoms with E-state index in [0.717, 1.165) is 12.8 Å². The fourth-order valence-electron chi connectivity index (χ4n) is 2.48. The van der Waals surface area contributed by atoms with Crippen molar-refractivity contribution in [3.8, 4) is 0 Å². The SMILES string of the molecule is Cc1[nH]c(=O)[nH]c(=O)c1CC(=O)NCc1noc([C@@H]2CCCO2)n1. The van der Waals surface area contributed by atoms with Crippen LogP contribution in [-0.2, 0) is 22.5 Å². The Labute approximate surface area is 135 Å². The van der Waals surface area contributed by atoms with Crippen molar-refractivity contribution >= 4 is 5.91 Å². The summed E-state index contributed by atoms with van der Waals surface area (Å²) in [5.41, 5.74) is -0.610. The highest BCUT2D eigenvalue weighted by molar-refractivity contribution is 5.78. The second-order valence-corrected chi connectivity index (χ2v) is 5.52. The summed E-state index contributed by atoms with van der Waals surface area (Å²) in [4.78, 5) is 43.5. The van der Waals surface area contributed by atoms with Crippen LogP contribution < -0.4 is 16.6 Å². The van der Waals surface area contributed by atoms with Gasteiger partial charge >= 0.3 is 5.69 Å². The zero-order valence-corrected chi connectivity index (χ0v) is 13.0. The standard InChI is InChI=1S/C14H17N5O5/c1-7-8(12(21)18-14(22)16-7)5-11(20)15-6-10-17-13(24-19-10)9-3-2-4-23-9/h9H,2-6H2,1H3,(H,15,20)(H2,16,18,21,22)/t9-/m0/s1. The molecule has 0 unspecified atom stereocenters. The van der Waals surface area contributed by atoms with Gasteiger partial charge in [-0.15, -0.1) is 0 Å². The molecule has 1 saturated heterocycles. The van der Waals surface area contributed by atoms with Gasteiger partial charge in [-0.1, -0.05) is 5.16 Å². The minimum atomic E-state index is -0.602. The van der Waals surface area contributed by atoms with E-state index in [1.54, 1.807) is 6.92 Å². The number of hydrogen-bond acceptors (Lipinski definition) is 7. The maximum absolute atomic E-state index is 12.0. The molecule has 128 valence electrons. The lowest BCUT2D eigenvalue weighted by molar-refractivity contribution is -0.120. The maximum Gasteiger partial charge on any atom is 0.325 e. The highest BCUT2D eigenvalue weighted by Gasteiger charge is 2.23. The van der Waals surface area contributed by atoms with E-state index in [1.807, 2.05) is 0 Å². The van der Waals surface area contributed by atoms with Gasteiger partial charge in [0.05, 0.1) is 13.0 Å². The number of ether oxygens (including phenoxy) is 1. The molecule has 3 heterocycles. The van der Waals surface area contributed by atoms with Gasteiger partial charge in [0.1, 0.15) is 6.10 Å². The van der Waals surface area contributed by atoms with Crippen molar-refractivity contribution in [3.05, 3.63) is 43.8 Å². The number of amides is 1. The second kappa shape index (κ2) is 6.79. The quantitative estimate of drug-likeness (QED) is 0.666. The smallest absolute Gasteiger partial charge is 0.325 e. The second-order valence-electron chi connectivity index (χ2n) is 5.52. The Morgan fingerprint density at radius 1 is 1.38 bits per heavy atom. The third-order valence-corrected chi connectivity index (χ3v) is 3.72. The third-order valence-electron chi connectivity index (χ3n) is 3.72. The van der Waals surface area contributed by atoms with Crippen LogP contribution in [0.15, 0.2) is 14.1 Å². The Kier molecular flexibility index (Phi) is 4.56. The Morgan fingerprint density at radius 3 is 2.92 bits per heavy atom. The van der Waals surface area contributed by atoms with Crippen LogP contribution in [0.2, 0.25) is 0 Å². The van der Waals surface area contributed by atoms with E-state index >= 15 is 0 Å². The maximum atomic E-state index is 12.0. The van der Waals surface area contributed by atoms with E-state index in [0.29, 0.717) is 24.0 Å². The number of nitrogens with one attached hydrogen (secondary N) is 3. The number of H-pyrrole nitrogens is 2. The zero-order chi connectivity index (χ0) is 17.1. The van der Waals surface area contributed by atoms with Crippen molar-refractivity contribution in [3.63, 3.8) is 0 Å². The van der Waals surface area contributed by atoms with Gasteiger partial charge in [0.2, 0.25) is 5.91 Å². The summed E-state index contributed by atoms with van der Waals surface area (Å²) in [6, 6.07) is 0. The molecule has 24 heavy (non-hydrogen) atoms. The van der Waals surface area contributed by atoms with Crippen molar-refractivity contribution in [2.75, 3.05) is 6.61 Å². The van der Waals surface area contributed by atoms with Crippen molar-refractivity contribution in [1.82, 2.24) is 25.4 Å². The summed E-state index contributed by atoms with van der Waals surface area (Å²) < 4.78 is 10.6. The van der Waals surface area contributed by atoms with Crippen LogP contribution in [0.5, 0.6) is 0 Å². The zero-order valence-electron chi connectivity index (χ0n) is 13.0. The first kappa shape index (κ1) is 16.1. The van der Waals surface area contributed by atoms with E-state index in [1.165, 1.54) is 0 Å². The molecule has 2 aromatic rings. The van der Waals surface area contributed by atoms with Gasteiger partial charge in [0.25, 0.3) is 11.4 Å². The summed E-state index contributed by atoms with van der Waals surface area (Å²) in [5, 5.41) is 6.40. The number of hydrogen-bond donors (Lipinski definition) is 3. The van der Waals surface area contributed by atoms with Crippen LogP contribution in [0.4, 0.5) is 0 Å². The lowest BCUT2D eigenvalue weighted by Gasteiger charge is -2.04. The molecule has 0 spiro atoms. The Balaban J connectivity index is 1.58. The minimum Gasteiger partial charge on any atom is -0.368 e. The highest BCUT2D eigenvalue weighted by atomic mass is 16.5. The fraction of sp³-hybridized carbons (Fsp3) is 0.500. The predicted molar refractivity (Wildman–Crippen MR) is 80.2 cm³/mol. The number of aromatic nitrogens is 4. The van der Waals surface area contributed by atoms with Crippen LogP contribution in [0.25, 0.3) is 0 Å². The number of carbonyl (C=O) groups excluding carboxylic acids is 1. The third kappa shape index (κ3) is 3.59. The largest absolute Gasteiger partial charge is 0.368 e. The summed E-state index contributed by atoms with van der Waals surface area (Å²) in [6.07, 6.45) is 1.45. The van der Waals surface area contributed by atoms with Gasteiger partial charge in [0, 0.05) is 17.9 Å². The summed E-state index contributed by atoms with van der Waals surface area (Å²) in [7, 11) is 0.